The standard InChI is InChI=1S/C11H21N3/c1-4-9(3)14-8-10(7-13-14)6-11(12)5-2/h7-9,11H,4-6,12H2,1-3H3. The Balaban J connectivity index is 2.59. The van der Waals surface area contributed by atoms with E-state index in [1.54, 1.807) is 0 Å². The Morgan fingerprint density at radius 1 is 1.43 bits per heavy atom. The molecule has 0 aliphatic carbocycles. The molecule has 1 rings (SSSR count). The summed E-state index contributed by atoms with van der Waals surface area (Å²) in [6.07, 6.45) is 7.12. The van der Waals surface area contributed by atoms with E-state index in [4.69, 9.17) is 5.73 Å². The zero-order valence-corrected chi connectivity index (χ0v) is 9.40. The van der Waals surface area contributed by atoms with Gasteiger partial charge >= 0.3 is 0 Å². The van der Waals surface area contributed by atoms with Crippen LogP contribution in [0.25, 0.3) is 0 Å². The molecule has 0 aliphatic rings. The van der Waals surface area contributed by atoms with Gasteiger partial charge in [0.2, 0.25) is 0 Å². The lowest BCUT2D eigenvalue weighted by Crippen LogP contribution is -2.21. The number of aromatic nitrogens is 2. The lowest BCUT2D eigenvalue weighted by atomic mass is 10.1. The average Bonchev–Trinajstić information content (AvgIpc) is 2.65. The lowest BCUT2D eigenvalue weighted by Gasteiger charge is -2.08. The molecule has 0 fully saturated rings. The molecular weight excluding hydrogens is 174 g/mol. The summed E-state index contributed by atoms with van der Waals surface area (Å²) in [5.41, 5.74) is 7.14. The van der Waals surface area contributed by atoms with Crippen LogP contribution in [-0.2, 0) is 6.42 Å². The van der Waals surface area contributed by atoms with Gasteiger partial charge in [0.25, 0.3) is 0 Å². The van der Waals surface area contributed by atoms with Crippen molar-refractivity contribution in [3.63, 3.8) is 0 Å². The van der Waals surface area contributed by atoms with Crippen molar-refractivity contribution in [1.29, 1.82) is 0 Å². The first kappa shape index (κ1) is 11.2. The van der Waals surface area contributed by atoms with E-state index in [9.17, 15) is 0 Å². The van der Waals surface area contributed by atoms with Crippen molar-refractivity contribution >= 4 is 0 Å². The van der Waals surface area contributed by atoms with Crippen LogP contribution >= 0.6 is 0 Å². The number of hydrogen-bond donors (Lipinski definition) is 1. The second-order valence-electron chi connectivity index (χ2n) is 3.96. The number of rotatable bonds is 5. The second-order valence-corrected chi connectivity index (χ2v) is 3.96. The minimum Gasteiger partial charge on any atom is -0.327 e. The van der Waals surface area contributed by atoms with Crippen LogP contribution in [0.5, 0.6) is 0 Å². The van der Waals surface area contributed by atoms with E-state index in [0.29, 0.717) is 6.04 Å². The maximum atomic E-state index is 5.89. The van der Waals surface area contributed by atoms with Gasteiger partial charge in [-0.25, -0.2) is 0 Å². The highest BCUT2D eigenvalue weighted by Gasteiger charge is 2.06. The fourth-order valence-corrected chi connectivity index (χ4v) is 1.36. The molecule has 0 amide bonds. The Hall–Kier alpha value is -0.830. The summed E-state index contributed by atoms with van der Waals surface area (Å²) in [7, 11) is 0. The Kier molecular flexibility index (Phi) is 4.14. The molecule has 2 atom stereocenters. The van der Waals surface area contributed by atoms with Crippen molar-refractivity contribution in [3.8, 4) is 0 Å². The summed E-state index contributed by atoms with van der Waals surface area (Å²) in [6, 6.07) is 0.756. The van der Waals surface area contributed by atoms with E-state index < -0.39 is 0 Å². The predicted octanol–water partition coefficient (Wildman–Crippen LogP) is 2.13. The van der Waals surface area contributed by atoms with Crippen molar-refractivity contribution in [2.75, 3.05) is 0 Å². The van der Waals surface area contributed by atoms with Crippen LogP contribution in [0, 0.1) is 0 Å². The molecule has 2 N–H and O–H groups in total. The Labute approximate surface area is 86.3 Å². The second kappa shape index (κ2) is 5.15. The predicted molar refractivity (Wildman–Crippen MR) is 59.2 cm³/mol. The number of nitrogens with two attached hydrogens (primary N) is 1. The van der Waals surface area contributed by atoms with Crippen LogP contribution in [-0.4, -0.2) is 15.8 Å². The van der Waals surface area contributed by atoms with Crippen LogP contribution in [0.15, 0.2) is 12.4 Å². The van der Waals surface area contributed by atoms with E-state index in [-0.39, 0.29) is 6.04 Å². The molecule has 3 nitrogen and oxygen atoms in total. The monoisotopic (exact) mass is 195 g/mol. The van der Waals surface area contributed by atoms with Gasteiger partial charge in [0, 0.05) is 18.3 Å². The molecule has 80 valence electrons. The van der Waals surface area contributed by atoms with E-state index in [1.165, 1.54) is 5.56 Å². The molecule has 0 aliphatic heterocycles. The summed E-state index contributed by atoms with van der Waals surface area (Å²) in [5.74, 6) is 0. The molecule has 1 aromatic heterocycles. The van der Waals surface area contributed by atoms with Gasteiger partial charge in [0.15, 0.2) is 0 Å². The molecule has 1 heterocycles. The van der Waals surface area contributed by atoms with Crippen molar-refractivity contribution in [2.45, 2.75) is 52.1 Å². The summed E-state index contributed by atoms with van der Waals surface area (Å²) < 4.78 is 2.03. The largest absolute Gasteiger partial charge is 0.327 e. The first-order chi connectivity index (χ1) is 6.67. The van der Waals surface area contributed by atoms with Gasteiger partial charge in [-0.2, -0.15) is 5.10 Å². The third-order valence-corrected chi connectivity index (χ3v) is 2.72. The van der Waals surface area contributed by atoms with Gasteiger partial charge in [0.1, 0.15) is 0 Å². The smallest absolute Gasteiger partial charge is 0.0522 e. The van der Waals surface area contributed by atoms with E-state index in [1.807, 2.05) is 10.9 Å². The van der Waals surface area contributed by atoms with Crippen molar-refractivity contribution < 1.29 is 0 Å². The molecule has 1 aromatic rings. The van der Waals surface area contributed by atoms with Crippen LogP contribution in [0.4, 0.5) is 0 Å². The molecule has 0 saturated carbocycles. The molecule has 3 heteroatoms. The van der Waals surface area contributed by atoms with Gasteiger partial charge in [-0.3, -0.25) is 4.68 Å². The molecule has 0 spiro atoms. The average molecular weight is 195 g/mol. The summed E-state index contributed by atoms with van der Waals surface area (Å²) in [4.78, 5) is 0. The molecule has 0 saturated heterocycles. The Bertz CT molecular complexity index is 267. The summed E-state index contributed by atoms with van der Waals surface area (Å²) >= 11 is 0. The molecule has 0 bridgehead atoms. The topological polar surface area (TPSA) is 43.8 Å². The highest BCUT2D eigenvalue weighted by atomic mass is 15.3. The Morgan fingerprint density at radius 3 is 2.71 bits per heavy atom. The number of hydrogen-bond acceptors (Lipinski definition) is 2. The third kappa shape index (κ3) is 2.84. The minimum absolute atomic E-state index is 0.268. The molecular formula is C11H21N3. The van der Waals surface area contributed by atoms with E-state index >= 15 is 0 Å². The molecule has 2 unspecified atom stereocenters. The summed E-state index contributed by atoms with van der Waals surface area (Å²) in [6.45, 7) is 6.46. The first-order valence-corrected chi connectivity index (χ1v) is 5.46. The molecule has 0 aromatic carbocycles. The first-order valence-electron chi connectivity index (χ1n) is 5.46. The van der Waals surface area contributed by atoms with Crippen LogP contribution < -0.4 is 5.73 Å². The maximum absolute atomic E-state index is 5.89. The van der Waals surface area contributed by atoms with Crippen molar-refractivity contribution in [2.24, 2.45) is 5.73 Å². The fraction of sp³-hybridized carbons (Fsp3) is 0.727. The van der Waals surface area contributed by atoms with Gasteiger partial charge in [0.05, 0.1) is 6.20 Å². The van der Waals surface area contributed by atoms with Gasteiger partial charge in [-0.15, -0.1) is 0 Å². The molecule has 0 radical (unpaired) electrons. The Morgan fingerprint density at radius 2 is 2.14 bits per heavy atom. The van der Waals surface area contributed by atoms with E-state index in [0.717, 1.165) is 19.3 Å². The highest BCUT2D eigenvalue weighted by Crippen LogP contribution is 2.11. The number of nitrogens with zero attached hydrogens (tertiary/aromatic N) is 2. The van der Waals surface area contributed by atoms with Crippen molar-refractivity contribution in [3.05, 3.63) is 18.0 Å². The lowest BCUT2D eigenvalue weighted by molar-refractivity contribution is 0.477. The van der Waals surface area contributed by atoms with Crippen LogP contribution in [0.2, 0.25) is 0 Å². The fourth-order valence-electron chi connectivity index (χ4n) is 1.36. The van der Waals surface area contributed by atoms with Crippen molar-refractivity contribution in [1.82, 2.24) is 9.78 Å². The molecule has 14 heavy (non-hydrogen) atoms. The summed E-state index contributed by atoms with van der Waals surface area (Å²) in [5, 5.41) is 4.34. The SMILES string of the molecule is CCC(N)Cc1cnn(C(C)CC)c1. The normalized spacial score (nSPS) is 15.4. The van der Waals surface area contributed by atoms with E-state index in [2.05, 4.69) is 32.1 Å². The van der Waals surface area contributed by atoms with Gasteiger partial charge in [-0.05, 0) is 31.7 Å². The minimum atomic E-state index is 0.268. The maximum Gasteiger partial charge on any atom is 0.0522 e. The van der Waals surface area contributed by atoms with Crippen LogP contribution in [0.1, 0.15) is 45.2 Å². The van der Waals surface area contributed by atoms with Gasteiger partial charge < -0.3 is 5.73 Å². The van der Waals surface area contributed by atoms with Crippen LogP contribution in [0.3, 0.4) is 0 Å². The third-order valence-electron chi connectivity index (χ3n) is 2.72. The quantitative estimate of drug-likeness (QED) is 0.782. The zero-order chi connectivity index (χ0) is 10.6. The zero-order valence-electron chi connectivity index (χ0n) is 9.40. The highest BCUT2D eigenvalue weighted by molar-refractivity contribution is 5.06. The van der Waals surface area contributed by atoms with Gasteiger partial charge in [-0.1, -0.05) is 13.8 Å².